The van der Waals surface area contributed by atoms with Gasteiger partial charge in [0, 0.05) is 30.8 Å². The third kappa shape index (κ3) is 1.90. The molecule has 16 heavy (non-hydrogen) atoms. The Balaban J connectivity index is 2.14. The summed E-state index contributed by atoms with van der Waals surface area (Å²) in [5.41, 5.74) is 2.89. The molecule has 0 unspecified atom stereocenters. The van der Waals surface area contributed by atoms with Gasteiger partial charge in [0.1, 0.15) is 16.8 Å². The highest BCUT2D eigenvalue weighted by atomic mass is 32.1. The molecule has 0 aliphatic carbocycles. The number of anilines is 1. The standard InChI is InChI=1S/C10H11N5S/c1-7-8(3-9(4-11)15(7)2)5-12-10-6-13-14-16-10/h3,6,12H,5H2,1-2H3. The minimum absolute atomic E-state index is 0.678. The minimum atomic E-state index is 0.678. The zero-order valence-corrected chi connectivity index (χ0v) is 9.88. The molecule has 0 spiro atoms. The molecule has 0 aliphatic heterocycles. The highest BCUT2D eigenvalue weighted by molar-refractivity contribution is 7.09. The number of rotatable bonds is 3. The van der Waals surface area contributed by atoms with Crippen molar-refractivity contribution in [2.75, 3.05) is 5.32 Å². The van der Waals surface area contributed by atoms with E-state index in [4.69, 9.17) is 5.26 Å². The molecule has 0 amide bonds. The molecule has 0 saturated heterocycles. The normalized spacial score (nSPS) is 10.1. The van der Waals surface area contributed by atoms with Crippen LogP contribution in [0.15, 0.2) is 12.3 Å². The Hall–Kier alpha value is -1.87. The van der Waals surface area contributed by atoms with Gasteiger partial charge in [0.25, 0.3) is 0 Å². The van der Waals surface area contributed by atoms with Crippen molar-refractivity contribution in [2.45, 2.75) is 13.5 Å². The van der Waals surface area contributed by atoms with Gasteiger partial charge in [0.2, 0.25) is 0 Å². The molecule has 2 aromatic rings. The SMILES string of the molecule is Cc1c(CNc2cnns2)cc(C#N)n1C. The van der Waals surface area contributed by atoms with Crippen molar-refractivity contribution >= 4 is 16.5 Å². The Morgan fingerprint density at radius 3 is 3.00 bits per heavy atom. The third-order valence-electron chi connectivity index (χ3n) is 2.57. The molecular formula is C10H11N5S. The van der Waals surface area contributed by atoms with Gasteiger partial charge < -0.3 is 9.88 Å². The van der Waals surface area contributed by atoms with E-state index in [-0.39, 0.29) is 0 Å². The molecule has 0 aliphatic rings. The second-order valence-corrected chi connectivity index (χ2v) is 4.23. The van der Waals surface area contributed by atoms with Crippen LogP contribution in [-0.4, -0.2) is 14.2 Å². The maximum atomic E-state index is 8.90. The van der Waals surface area contributed by atoms with E-state index in [0.717, 1.165) is 16.3 Å². The van der Waals surface area contributed by atoms with E-state index in [0.29, 0.717) is 12.2 Å². The van der Waals surface area contributed by atoms with Crippen molar-refractivity contribution in [2.24, 2.45) is 7.05 Å². The predicted molar refractivity (Wildman–Crippen MR) is 62.1 cm³/mol. The summed E-state index contributed by atoms with van der Waals surface area (Å²) in [4.78, 5) is 0. The van der Waals surface area contributed by atoms with Crippen LogP contribution in [0.3, 0.4) is 0 Å². The Kier molecular flexibility index (Phi) is 2.88. The zero-order valence-electron chi connectivity index (χ0n) is 9.06. The Morgan fingerprint density at radius 2 is 2.44 bits per heavy atom. The molecule has 0 fully saturated rings. The van der Waals surface area contributed by atoms with Gasteiger partial charge in [-0.3, -0.25) is 0 Å². The number of nitriles is 1. The van der Waals surface area contributed by atoms with Crippen LogP contribution in [0.25, 0.3) is 0 Å². The molecule has 0 atom stereocenters. The molecule has 0 aromatic carbocycles. The molecule has 82 valence electrons. The number of hydrogen-bond donors (Lipinski definition) is 1. The first kappa shape index (κ1) is 10.6. The second kappa shape index (κ2) is 4.33. The largest absolute Gasteiger partial charge is 0.370 e. The van der Waals surface area contributed by atoms with Gasteiger partial charge in [-0.2, -0.15) is 5.26 Å². The van der Waals surface area contributed by atoms with Crippen LogP contribution in [0.5, 0.6) is 0 Å². The summed E-state index contributed by atoms with van der Waals surface area (Å²) in [5, 5.41) is 16.8. The van der Waals surface area contributed by atoms with E-state index in [1.54, 1.807) is 6.20 Å². The van der Waals surface area contributed by atoms with Gasteiger partial charge in [-0.05, 0) is 18.6 Å². The van der Waals surface area contributed by atoms with Gasteiger partial charge in [-0.1, -0.05) is 4.49 Å². The topological polar surface area (TPSA) is 66.5 Å². The summed E-state index contributed by atoms with van der Waals surface area (Å²) < 4.78 is 5.66. The van der Waals surface area contributed by atoms with Crippen LogP contribution in [0.4, 0.5) is 5.00 Å². The summed E-state index contributed by atoms with van der Waals surface area (Å²) in [5.74, 6) is 0. The lowest BCUT2D eigenvalue weighted by atomic mass is 10.2. The van der Waals surface area contributed by atoms with Crippen molar-refractivity contribution in [1.29, 1.82) is 5.26 Å². The van der Waals surface area contributed by atoms with Crippen LogP contribution < -0.4 is 5.32 Å². The molecule has 2 heterocycles. The lowest BCUT2D eigenvalue weighted by molar-refractivity contribution is 0.856. The summed E-state index contributed by atoms with van der Waals surface area (Å²) in [6.45, 7) is 2.69. The van der Waals surface area contributed by atoms with Gasteiger partial charge in [0.05, 0.1) is 6.20 Å². The average Bonchev–Trinajstić information content (AvgIpc) is 2.88. The molecule has 5 nitrogen and oxygen atoms in total. The van der Waals surface area contributed by atoms with Crippen molar-refractivity contribution in [1.82, 2.24) is 14.2 Å². The summed E-state index contributed by atoms with van der Waals surface area (Å²) >= 11 is 1.32. The highest BCUT2D eigenvalue weighted by Crippen LogP contribution is 2.16. The number of nitrogens with one attached hydrogen (secondary N) is 1. The zero-order chi connectivity index (χ0) is 11.5. The number of aromatic nitrogens is 3. The van der Waals surface area contributed by atoms with E-state index in [1.165, 1.54) is 11.5 Å². The Labute approximate surface area is 97.5 Å². The van der Waals surface area contributed by atoms with E-state index in [1.807, 2.05) is 24.6 Å². The third-order valence-corrected chi connectivity index (χ3v) is 3.19. The van der Waals surface area contributed by atoms with Gasteiger partial charge >= 0.3 is 0 Å². The van der Waals surface area contributed by atoms with E-state index >= 15 is 0 Å². The Morgan fingerprint density at radius 1 is 1.62 bits per heavy atom. The van der Waals surface area contributed by atoms with Crippen LogP contribution in [0.1, 0.15) is 17.0 Å². The lowest BCUT2D eigenvalue weighted by Crippen LogP contribution is -2.00. The van der Waals surface area contributed by atoms with Crippen molar-refractivity contribution in [3.05, 3.63) is 29.2 Å². The first-order valence-electron chi connectivity index (χ1n) is 4.79. The van der Waals surface area contributed by atoms with Crippen LogP contribution in [-0.2, 0) is 13.6 Å². The van der Waals surface area contributed by atoms with Gasteiger partial charge in [-0.25, -0.2) is 0 Å². The first-order valence-corrected chi connectivity index (χ1v) is 5.56. The molecule has 2 aromatic heterocycles. The summed E-state index contributed by atoms with van der Waals surface area (Å²) in [6.07, 6.45) is 1.69. The van der Waals surface area contributed by atoms with Crippen LogP contribution >= 0.6 is 11.5 Å². The quantitative estimate of drug-likeness (QED) is 0.875. The fourth-order valence-corrected chi connectivity index (χ4v) is 1.89. The minimum Gasteiger partial charge on any atom is -0.370 e. The van der Waals surface area contributed by atoms with Crippen molar-refractivity contribution < 1.29 is 0 Å². The highest BCUT2D eigenvalue weighted by Gasteiger charge is 2.08. The van der Waals surface area contributed by atoms with E-state index < -0.39 is 0 Å². The number of nitrogens with zero attached hydrogens (tertiary/aromatic N) is 4. The maximum absolute atomic E-state index is 8.90. The first-order chi connectivity index (χ1) is 7.72. The molecule has 2 rings (SSSR count). The predicted octanol–water partition coefficient (Wildman–Crippen LogP) is 1.67. The molecule has 0 radical (unpaired) electrons. The lowest BCUT2D eigenvalue weighted by Gasteiger charge is -2.03. The molecule has 0 bridgehead atoms. The monoisotopic (exact) mass is 233 g/mol. The van der Waals surface area contributed by atoms with Crippen molar-refractivity contribution in [3.63, 3.8) is 0 Å². The maximum Gasteiger partial charge on any atom is 0.130 e. The fourth-order valence-electron chi connectivity index (χ4n) is 1.48. The van der Waals surface area contributed by atoms with E-state index in [2.05, 4.69) is 21.0 Å². The van der Waals surface area contributed by atoms with Crippen molar-refractivity contribution in [3.8, 4) is 6.07 Å². The Bertz CT molecular complexity index is 520. The van der Waals surface area contributed by atoms with E-state index in [9.17, 15) is 0 Å². The van der Waals surface area contributed by atoms with Gasteiger partial charge in [-0.15, -0.1) is 5.10 Å². The summed E-state index contributed by atoms with van der Waals surface area (Å²) in [7, 11) is 1.89. The molecular weight excluding hydrogens is 222 g/mol. The smallest absolute Gasteiger partial charge is 0.130 e. The molecule has 1 N–H and O–H groups in total. The van der Waals surface area contributed by atoms with Gasteiger partial charge in [0.15, 0.2) is 0 Å². The van der Waals surface area contributed by atoms with Crippen LogP contribution in [0.2, 0.25) is 0 Å². The average molecular weight is 233 g/mol. The molecule has 0 saturated carbocycles. The fraction of sp³-hybridized carbons (Fsp3) is 0.300. The number of hydrogen-bond acceptors (Lipinski definition) is 5. The van der Waals surface area contributed by atoms with Crippen LogP contribution in [0, 0.1) is 18.3 Å². The second-order valence-electron chi connectivity index (χ2n) is 3.45. The summed E-state index contributed by atoms with van der Waals surface area (Å²) in [6, 6.07) is 4.06. The molecule has 6 heteroatoms.